The zero-order valence-electron chi connectivity index (χ0n) is 12.4. The van der Waals surface area contributed by atoms with Gasteiger partial charge in [0.25, 0.3) is 5.69 Å². The molecular weight excluding hydrogens is 344 g/mol. The number of hydrogen-bond donors (Lipinski definition) is 4. The summed E-state index contributed by atoms with van der Waals surface area (Å²) < 4.78 is 4.62. The van der Waals surface area contributed by atoms with E-state index in [1.807, 2.05) is 0 Å². The Morgan fingerprint density at radius 3 is 2.62 bits per heavy atom. The number of rotatable bonds is 10. The lowest BCUT2D eigenvalue weighted by Crippen LogP contribution is -2.20. The molecule has 0 aliphatic rings. The van der Waals surface area contributed by atoms with Crippen LogP contribution in [0.15, 0.2) is 23.1 Å². The molecule has 0 radical (unpaired) electrons. The summed E-state index contributed by atoms with van der Waals surface area (Å²) >= 11 is 1.07. The van der Waals surface area contributed by atoms with E-state index >= 15 is 0 Å². The zero-order chi connectivity index (χ0) is 18.1. The van der Waals surface area contributed by atoms with Crippen molar-refractivity contribution in [3.63, 3.8) is 0 Å². The lowest BCUT2D eigenvalue weighted by atomic mass is 10.3. The van der Waals surface area contributed by atoms with Crippen molar-refractivity contribution in [1.82, 2.24) is 0 Å². The van der Waals surface area contributed by atoms with E-state index in [4.69, 9.17) is 10.2 Å². The summed E-state index contributed by atoms with van der Waals surface area (Å²) in [5.74, 6) is -1.77. The molecule has 0 saturated heterocycles. The number of carbonyl (C=O) groups excluding carboxylic acids is 1. The molecule has 0 unspecified atom stereocenters. The van der Waals surface area contributed by atoms with Gasteiger partial charge in [0.1, 0.15) is 13.2 Å². The van der Waals surface area contributed by atoms with Crippen LogP contribution in [0.3, 0.4) is 0 Å². The molecule has 0 aromatic heterocycles. The van der Waals surface area contributed by atoms with Crippen LogP contribution in [0.5, 0.6) is 0 Å². The number of carboxylic acids is 1. The Kier molecular flexibility index (Phi) is 8.12. The molecule has 1 atom stereocenters. The highest BCUT2D eigenvalue weighted by molar-refractivity contribution is 7.99. The van der Waals surface area contributed by atoms with Crippen molar-refractivity contribution in [3.05, 3.63) is 28.3 Å². The molecule has 4 N–H and O–H groups in total. The van der Waals surface area contributed by atoms with E-state index in [0.29, 0.717) is 4.90 Å². The van der Waals surface area contributed by atoms with Gasteiger partial charge in [-0.15, -0.1) is 11.8 Å². The number of nitrogens with one attached hydrogen (secondary N) is 1. The molecule has 11 heteroatoms. The standard InChI is InChI=1S/C13H16N2O8S/c16-4-10(17)7-24-11-2-8(1-9(3-11)15(21)22)14-12(18)5-23-6-13(19)20/h1-3,10,16-17H,4-7H2,(H,14,18)(H,19,20)/t10-/m1/s1. The maximum absolute atomic E-state index is 11.6. The number of nitro groups is 1. The van der Waals surface area contributed by atoms with Crippen LogP contribution in [0, 0.1) is 10.1 Å². The van der Waals surface area contributed by atoms with Gasteiger partial charge in [-0.2, -0.15) is 0 Å². The number of carbonyl (C=O) groups is 2. The Hall–Kier alpha value is -2.21. The van der Waals surface area contributed by atoms with Crippen LogP contribution in [0.1, 0.15) is 0 Å². The molecule has 24 heavy (non-hydrogen) atoms. The lowest BCUT2D eigenvalue weighted by molar-refractivity contribution is -0.385. The zero-order valence-corrected chi connectivity index (χ0v) is 13.2. The van der Waals surface area contributed by atoms with E-state index in [-0.39, 0.29) is 17.1 Å². The SMILES string of the molecule is O=C(O)COCC(=O)Nc1cc(SC[C@H](O)CO)cc([N+](=O)[O-])c1. The minimum absolute atomic E-state index is 0.118. The van der Waals surface area contributed by atoms with Crippen molar-refractivity contribution in [1.29, 1.82) is 0 Å². The number of nitro benzene ring substituents is 1. The fourth-order valence-electron chi connectivity index (χ4n) is 1.52. The monoisotopic (exact) mass is 360 g/mol. The van der Waals surface area contributed by atoms with E-state index in [0.717, 1.165) is 17.8 Å². The maximum Gasteiger partial charge on any atom is 0.329 e. The molecular formula is C13H16N2O8S. The van der Waals surface area contributed by atoms with E-state index in [2.05, 4.69) is 10.1 Å². The highest BCUT2D eigenvalue weighted by Gasteiger charge is 2.13. The average molecular weight is 360 g/mol. The van der Waals surface area contributed by atoms with Crippen molar-refractivity contribution < 1.29 is 34.6 Å². The van der Waals surface area contributed by atoms with Crippen molar-refractivity contribution in [2.24, 2.45) is 0 Å². The summed E-state index contributed by atoms with van der Waals surface area (Å²) in [6.45, 7) is -1.59. The smallest absolute Gasteiger partial charge is 0.329 e. The summed E-state index contributed by atoms with van der Waals surface area (Å²) in [6, 6.07) is 3.86. The maximum atomic E-state index is 11.6. The molecule has 1 aromatic rings. The predicted molar refractivity (Wildman–Crippen MR) is 84.0 cm³/mol. The number of hydrogen-bond acceptors (Lipinski definition) is 8. The number of benzene rings is 1. The number of aliphatic hydroxyl groups is 2. The summed E-state index contributed by atoms with van der Waals surface area (Å²) in [5, 5.41) is 39.8. The first-order chi connectivity index (χ1) is 11.3. The average Bonchev–Trinajstić information content (AvgIpc) is 2.51. The molecule has 0 fully saturated rings. The molecule has 0 aliphatic carbocycles. The van der Waals surface area contributed by atoms with Crippen molar-refractivity contribution in [2.45, 2.75) is 11.0 Å². The number of amides is 1. The molecule has 132 valence electrons. The number of anilines is 1. The van der Waals surface area contributed by atoms with E-state index in [1.54, 1.807) is 0 Å². The molecule has 0 spiro atoms. The second-order valence-electron chi connectivity index (χ2n) is 4.55. The number of aliphatic carboxylic acids is 1. The minimum atomic E-state index is -1.22. The van der Waals surface area contributed by atoms with Crippen LogP contribution in [0.25, 0.3) is 0 Å². The summed E-state index contributed by atoms with van der Waals surface area (Å²) in [6.07, 6.45) is -0.975. The lowest BCUT2D eigenvalue weighted by Gasteiger charge is -2.09. The summed E-state index contributed by atoms with van der Waals surface area (Å²) in [5.41, 5.74) is -0.130. The normalized spacial score (nSPS) is 11.8. The minimum Gasteiger partial charge on any atom is -0.480 e. The van der Waals surface area contributed by atoms with Gasteiger partial charge >= 0.3 is 5.97 Å². The third-order valence-corrected chi connectivity index (χ3v) is 3.62. The molecule has 0 bridgehead atoms. The second-order valence-corrected chi connectivity index (χ2v) is 5.65. The van der Waals surface area contributed by atoms with Gasteiger partial charge < -0.3 is 25.4 Å². The molecule has 0 heterocycles. The Balaban J connectivity index is 2.77. The van der Waals surface area contributed by atoms with Gasteiger partial charge in [-0.05, 0) is 6.07 Å². The topological polar surface area (TPSA) is 159 Å². The molecule has 1 aromatic carbocycles. The summed E-state index contributed by atoms with van der Waals surface area (Å²) in [4.78, 5) is 32.6. The van der Waals surface area contributed by atoms with Gasteiger partial charge in [-0.25, -0.2) is 4.79 Å². The van der Waals surface area contributed by atoms with E-state index < -0.39 is 42.7 Å². The number of ether oxygens (including phenoxy) is 1. The molecule has 0 saturated carbocycles. The third-order valence-electron chi connectivity index (χ3n) is 2.50. The highest BCUT2D eigenvalue weighted by atomic mass is 32.2. The third kappa shape index (κ3) is 7.37. The molecule has 1 rings (SSSR count). The number of aliphatic hydroxyl groups excluding tert-OH is 2. The number of nitrogens with zero attached hydrogens (tertiary/aromatic N) is 1. The second kappa shape index (κ2) is 9.82. The van der Waals surface area contributed by atoms with Gasteiger partial charge in [0.05, 0.1) is 17.6 Å². The fourth-order valence-corrected chi connectivity index (χ4v) is 2.42. The van der Waals surface area contributed by atoms with Crippen molar-refractivity contribution in [2.75, 3.05) is 30.9 Å². The Morgan fingerprint density at radius 1 is 1.33 bits per heavy atom. The van der Waals surface area contributed by atoms with Gasteiger partial charge in [-0.3, -0.25) is 14.9 Å². The number of carboxylic acid groups (broad SMARTS) is 1. The first-order valence-electron chi connectivity index (χ1n) is 6.62. The molecule has 0 aliphatic heterocycles. The largest absolute Gasteiger partial charge is 0.480 e. The van der Waals surface area contributed by atoms with Gasteiger partial charge in [0.15, 0.2) is 0 Å². The van der Waals surface area contributed by atoms with Crippen LogP contribution < -0.4 is 5.32 Å². The number of non-ortho nitro benzene ring substituents is 1. The van der Waals surface area contributed by atoms with Crippen LogP contribution in [-0.4, -0.2) is 63.8 Å². The first kappa shape index (κ1) is 19.8. The van der Waals surface area contributed by atoms with Crippen LogP contribution in [0.4, 0.5) is 11.4 Å². The van der Waals surface area contributed by atoms with E-state index in [1.165, 1.54) is 12.1 Å². The van der Waals surface area contributed by atoms with Crippen molar-refractivity contribution in [3.8, 4) is 0 Å². The van der Waals surface area contributed by atoms with Crippen LogP contribution in [-0.2, 0) is 14.3 Å². The van der Waals surface area contributed by atoms with Gasteiger partial charge in [-0.1, -0.05) is 0 Å². The van der Waals surface area contributed by atoms with Crippen LogP contribution in [0.2, 0.25) is 0 Å². The summed E-state index contributed by atoms with van der Waals surface area (Å²) in [7, 11) is 0. The van der Waals surface area contributed by atoms with E-state index in [9.17, 15) is 24.8 Å². The first-order valence-corrected chi connectivity index (χ1v) is 7.61. The predicted octanol–water partition coefficient (Wildman–Crippen LogP) is 0.0798. The van der Waals surface area contributed by atoms with Crippen molar-refractivity contribution >= 4 is 35.0 Å². The molecule has 1 amide bonds. The number of thioether (sulfide) groups is 1. The highest BCUT2D eigenvalue weighted by Crippen LogP contribution is 2.28. The molecule has 10 nitrogen and oxygen atoms in total. The van der Waals surface area contributed by atoms with Gasteiger partial charge in [0, 0.05) is 28.5 Å². The fraction of sp³-hybridized carbons (Fsp3) is 0.385. The quantitative estimate of drug-likeness (QED) is 0.257. The Morgan fingerprint density at radius 2 is 2.04 bits per heavy atom. The van der Waals surface area contributed by atoms with Crippen LogP contribution >= 0.6 is 11.8 Å². The Labute approximate surface area is 140 Å². The van der Waals surface area contributed by atoms with Gasteiger partial charge in [0.2, 0.25) is 5.91 Å². The Bertz CT molecular complexity index is 610.